The minimum Gasteiger partial charge on any atom is -0.378 e. The zero-order valence-corrected chi connectivity index (χ0v) is 27.9. The smallest absolute Gasteiger partial charge is 0.296 e. The van der Waals surface area contributed by atoms with Crippen LogP contribution < -0.4 is 15.2 Å². The van der Waals surface area contributed by atoms with Crippen molar-refractivity contribution >= 4 is 94.1 Å². The summed E-state index contributed by atoms with van der Waals surface area (Å²) < 4.78 is 107. The van der Waals surface area contributed by atoms with Gasteiger partial charge in [-0.05, 0) is 48.9 Å². The number of carbonyl (C=O) groups excluding carboxylic acids is 1. The molecule has 3 heterocycles. The number of benzene rings is 2. The molecule has 0 bridgehead atoms. The Morgan fingerprint density at radius 1 is 0.917 bits per heavy atom. The fourth-order valence-corrected chi connectivity index (χ4v) is 6.50. The monoisotopic (exact) mass is 765 g/mol. The Hall–Kier alpha value is -3.94. The van der Waals surface area contributed by atoms with Crippen LogP contribution >= 0.6 is 23.2 Å². The molecule has 1 aromatic heterocycles. The van der Waals surface area contributed by atoms with Crippen LogP contribution in [0.3, 0.4) is 0 Å². The maximum Gasteiger partial charge on any atom is 0.296 e. The molecule has 5 rings (SSSR count). The molecule has 48 heavy (non-hydrogen) atoms. The highest BCUT2D eigenvalue weighted by Crippen LogP contribution is 2.37. The first kappa shape index (κ1) is 35.4. The first-order valence-corrected chi connectivity index (χ1v) is 18.1. The number of morpholine rings is 1. The number of carbonyl (C=O) groups is 1. The van der Waals surface area contributed by atoms with Crippen molar-refractivity contribution in [1.82, 2.24) is 15.0 Å². The van der Waals surface area contributed by atoms with Crippen molar-refractivity contribution in [2.45, 2.75) is 27.7 Å². The third-order valence-corrected chi connectivity index (χ3v) is 9.69. The summed E-state index contributed by atoms with van der Waals surface area (Å²) in [5.74, 6) is -1.25. The van der Waals surface area contributed by atoms with Crippen molar-refractivity contribution in [1.29, 1.82) is 0 Å². The molecule has 0 spiro atoms. The average molecular weight is 767 g/mol. The molecule has 256 valence electrons. The number of anilines is 4. The normalized spacial score (nSPS) is 17.7. The van der Waals surface area contributed by atoms with Crippen molar-refractivity contribution in [3.8, 4) is 0 Å². The fraction of sp³-hybridized carbons (Fsp3) is 0.261. The first-order chi connectivity index (χ1) is 22.3. The Morgan fingerprint density at radius 2 is 1.58 bits per heavy atom. The third kappa shape index (κ3) is 7.68. The summed E-state index contributed by atoms with van der Waals surface area (Å²) in [7, 11) is -15.0. The second kappa shape index (κ2) is 13.2. The minimum atomic E-state index is -5.19. The summed E-state index contributed by atoms with van der Waals surface area (Å²) >= 11 is 12.1. The van der Waals surface area contributed by atoms with Crippen molar-refractivity contribution < 1.29 is 48.4 Å². The molecule has 0 radical (unpaired) electrons. The van der Waals surface area contributed by atoms with E-state index in [1.807, 2.05) is 0 Å². The molecule has 0 unspecified atom stereocenters. The van der Waals surface area contributed by atoms with Gasteiger partial charge in [-0.15, -0.1) is 0 Å². The van der Waals surface area contributed by atoms with E-state index in [9.17, 15) is 43.7 Å². The van der Waals surface area contributed by atoms with Gasteiger partial charge >= 0.3 is 0 Å². The van der Waals surface area contributed by atoms with Gasteiger partial charge in [-0.1, -0.05) is 11.6 Å². The van der Waals surface area contributed by atoms with Gasteiger partial charge in [0.05, 0.1) is 40.2 Å². The molecule has 2 aliphatic heterocycles. The molecule has 1 amide bonds. The van der Waals surface area contributed by atoms with Crippen LogP contribution in [0.5, 0.6) is 0 Å². The van der Waals surface area contributed by atoms with Gasteiger partial charge in [0.15, 0.2) is 6.04 Å². The average Bonchev–Trinajstić information content (AvgIpc) is 3.27. The zero-order valence-electron chi connectivity index (χ0n) is 24.0. The van der Waals surface area contributed by atoms with Gasteiger partial charge < -0.3 is 15.0 Å². The SMILES string of the molecule is CC1=NN(c2cc(S(=O)(=O)O)ccc2Cl)C(=O)[C@H]1N=Nc1cc(S(=O)(=O)O)c(Nc2nc(Cl)nc(N3CCOCC3)n2)cc1S(=O)(=O)O. The Morgan fingerprint density at radius 3 is 2.21 bits per heavy atom. The Balaban J connectivity index is 1.53. The number of rotatable bonds is 9. The molecule has 0 aliphatic carbocycles. The molecule has 2 aromatic carbocycles. The van der Waals surface area contributed by atoms with Gasteiger partial charge in [-0.3, -0.25) is 18.5 Å². The molecule has 1 atom stereocenters. The molecule has 3 aromatic rings. The highest BCUT2D eigenvalue weighted by atomic mass is 35.5. The number of ether oxygens (including phenoxy) is 1. The topological polar surface area (TPSA) is 284 Å². The van der Waals surface area contributed by atoms with Crippen LogP contribution in [0.4, 0.5) is 29.0 Å². The van der Waals surface area contributed by atoms with Crippen LogP contribution in [-0.4, -0.2) is 97.8 Å². The van der Waals surface area contributed by atoms with E-state index in [0.29, 0.717) is 43.4 Å². The van der Waals surface area contributed by atoms with Gasteiger partial charge in [0, 0.05) is 13.1 Å². The largest absolute Gasteiger partial charge is 0.378 e. The van der Waals surface area contributed by atoms with E-state index in [4.69, 9.17) is 27.9 Å². The second-order valence-electron chi connectivity index (χ2n) is 9.82. The summed E-state index contributed by atoms with van der Waals surface area (Å²) in [6.07, 6.45) is 0. The number of hydrogen-bond acceptors (Lipinski definition) is 16. The molecule has 1 fully saturated rings. The van der Waals surface area contributed by atoms with E-state index in [0.717, 1.165) is 18.2 Å². The number of halogens is 2. The van der Waals surface area contributed by atoms with Gasteiger partial charge in [0.25, 0.3) is 36.3 Å². The maximum atomic E-state index is 13.2. The number of hydrogen-bond donors (Lipinski definition) is 4. The second-order valence-corrected chi connectivity index (χ2v) is 14.8. The van der Waals surface area contributed by atoms with Crippen LogP contribution in [-0.2, 0) is 39.9 Å². The lowest BCUT2D eigenvalue weighted by Gasteiger charge is -2.26. The van der Waals surface area contributed by atoms with Crippen molar-refractivity contribution in [2.24, 2.45) is 15.3 Å². The lowest BCUT2D eigenvalue weighted by atomic mass is 10.2. The number of nitrogens with zero attached hydrogens (tertiary/aromatic N) is 8. The van der Waals surface area contributed by atoms with Crippen LogP contribution in [0, 0.1) is 0 Å². The quantitative estimate of drug-likeness (QED) is 0.180. The third-order valence-electron chi connectivity index (χ3n) is 6.57. The first-order valence-electron chi connectivity index (χ1n) is 13.0. The van der Waals surface area contributed by atoms with Crippen LogP contribution in [0.15, 0.2) is 60.3 Å². The van der Waals surface area contributed by atoms with E-state index in [1.54, 1.807) is 4.90 Å². The molecule has 4 N–H and O–H groups in total. The standard InChI is InChI=1S/C23H21Cl2N9O11S3/c1-11-19(20(35)34(32-11)16-8-12(46(36,37)38)2-3-13(16)24)31-30-15-10-17(47(39,40)41)14(9-18(15)48(42,43)44)26-22-27-21(25)28-23(29-22)33-4-6-45-7-5-33/h2-3,8-10,19H,4-7H2,1H3,(H,36,37,38)(H,39,40,41)(H,42,43,44)(H,26,27,28,29)/t19-/m0/s1. The Bertz CT molecular complexity index is 2210. The van der Waals surface area contributed by atoms with Crippen LogP contribution in [0.1, 0.15) is 6.92 Å². The highest BCUT2D eigenvalue weighted by Gasteiger charge is 2.36. The molecule has 2 aliphatic rings. The number of azo groups is 1. The van der Waals surface area contributed by atoms with E-state index >= 15 is 0 Å². The summed E-state index contributed by atoms with van der Waals surface area (Å²) in [5, 5.41) is 14.1. The maximum absolute atomic E-state index is 13.2. The van der Waals surface area contributed by atoms with Crippen LogP contribution in [0.2, 0.25) is 10.3 Å². The van der Waals surface area contributed by atoms with E-state index < -0.39 is 68.4 Å². The van der Waals surface area contributed by atoms with E-state index in [1.165, 1.54) is 6.92 Å². The van der Waals surface area contributed by atoms with Gasteiger partial charge in [-0.25, -0.2) is 0 Å². The van der Waals surface area contributed by atoms with Crippen molar-refractivity contribution in [3.63, 3.8) is 0 Å². The molecular formula is C23H21Cl2N9O11S3. The number of nitrogens with one attached hydrogen (secondary N) is 1. The zero-order chi connectivity index (χ0) is 35.2. The molecule has 1 saturated heterocycles. The Kier molecular flexibility index (Phi) is 9.70. The lowest BCUT2D eigenvalue weighted by molar-refractivity contribution is -0.117. The molecule has 25 heteroatoms. The number of hydrazone groups is 1. The van der Waals surface area contributed by atoms with Gasteiger partial charge in [0.1, 0.15) is 15.5 Å². The summed E-state index contributed by atoms with van der Waals surface area (Å²) in [6.45, 7) is 2.80. The van der Waals surface area contributed by atoms with E-state index in [2.05, 4.69) is 35.6 Å². The predicted molar refractivity (Wildman–Crippen MR) is 167 cm³/mol. The van der Waals surface area contributed by atoms with E-state index in [-0.39, 0.29) is 33.6 Å². The van der Waals surface area contributed by atoms with Crippen LogP contribution in [0.25, 0.3) is 0 Å². The number of aromatic nitrogens is 3. The summed E-state index contributed by atoms with van der Waals surface area (Å²) in [6, 6.07) is 2.51. The van der Waals surface area contributed by atoms with Crippen molar-refractivity contribution in [3.05, 3.63) is 40.6 Å². The summed E-state index contributed by atoms with van der Waals surface area (Å²) in [5.41, 5.74) is -1.77. The lowest BCUT2D eigenvalue weighted by Crippen LogP contribution is -2.37. The fourth-order valence-electron chi connectivity index (χ4n) is 4.36. The van der Waals surface area contributed by atoms with Gasteiger partial charge in [-0.2, -0.15) is 60.5 Å². The Labute approximate surface area is 281 Å². The summed E-state index contributed by atoms with van der Waals surface area (Å²) in [4.78, 5) is 24.4. The molecular weight excluding hydrogens is 745 g/mol. The minimum absolute atomic E-state index is 0.0541. The van der Waals surface area contributed by atoms with Crippen molar-refractivity contribution in [2.75, 3.05) is 41.5 Å². The molecule has 0 saturated carbocycles. The number of amides is 1. The highest BCUT2D eigenvalue weighted by molar-refractivity contribution is 7.86. The van der Waals surface area contributed by atoms with Gasteiger partial charge in [0.2, 0.25) is 17.2 Å². The predicted octanol–water partition coefficient (Wildman–Crippen LogP) is 2.37. The molecule has 20 nitrogen and oxygen atoms in total.